The number of allylic oxidation sites excluding steroid dienone is 1. The minimum atomic E-state index is -0.265. The number of rotatable bonds is 6. The number of benzene rings is 2. The standard InChI is InChI=1S/C23H20FN3OS/c1-3-13-27-22(28)21-20(19(14-26(21)2)17-7-5-4-6-8-17)25-23(27)29-15-16-9-11-18(24)12-10-16/h3-12,14H,1,13,15H2,2H3. The molecular weight excluding hydrogens is 385 g/mol. The lowest BCUT2D eigenvalue weighted by Crippen LogP contribution is -2.24. The zero-order chi connectivity index (χ0) is 20.4. The Morgan fingerprint density at radius 2 is 1.86 bits per heavy atom. The molecule has 0 N–H and O–H groups in total. The second-order valence-corrected chi connectivity index (χ2v) is 7.67. The van der Waals surface area contributed by atoms with Gasteiger partial charge in [0.1, 0.15) is 16.9 Å². The summed E-state index contributed by atoms with van der Waals surface area (Å²) in [5.41, 5.74) is 4.06. The molecule has 0 amide bonds. The zero-order valence-corrected chi connectivity index (χ0v) is 16.8. The molecule has 0 bridgehead atoms. The number of aryl methyl sites for hydroxylation is 1. The predicted octanol–water partition coefficient (Wildman–Crippen LogP) is 5.02. The monoisotopic (exact) mass is 405 g/mol. The average molecular weight is 405 g/mol. The first-order chi connectivity index (χ1) is 14.1. The molecule has 2 heterocycles. The van der Waals surface area contributed by atoms with Crippen molar-refractivity contribution in [3.8, 4) is 11.1 Å². The van der Waals surface area contributed by atoms with Crippen molar-refractivity contribution in [2.75, 3.05) is 0 Å². The van der Waals surface area contributed by atoms with Crippen molar-refractivity contribution in [1.82, 2.24) is 14.1 Å². The summed E-state index contributed by atoms with van der Waals surface area (Å²) in [5, 5.41) is 0.620. The molecule has 4 nitrogen and oxygen atoms in total. The van der Waals surface area contributed by atoms with Crippen LogP contribution in [0.4, 0.5) is 4.39 Å². The molecule has 2 aromatic heterocycles. The van der Waals surface area contributed by atoms with Gasteiger partial charge in [0.15, 0.2) is 5.16 Å². The van der Waals surface area contributed by atoms with E-state index < -0.39 is 0 Å². The van der Waals surface area contributed by atoms with E-state index in [0.717, 1.165) is 16.7 Å². The van der Waals surface area contributed by atoms with Crippen LogP contribution in [0.1, 0.15) is 5.56 Å². The van der Waals surface area contributed by atoms with Crippen molar-refractivity contribution in [2.45, 2.75) is 17.5 Å². The second kappa shape index (κ2) is 8.09. The van der Waals surface area contributed by atoms with Crippen LogP contribution in [0.25, 0.3) is 22.2 Å². The van der Waals surface area contributed by atoms with Gasteiger partial charge in [0.2, 0.25) is 0 Å². The van der Waals surface area contributed by atoms with E-state index in [9.17, 15) is 9.18 Å². The first kappa shape index (κ1) is 19.2. The minimum Gasteiger partial charge on any atom is -0.344 e. The molecule has 0 saturated carbocycles. The van der Waals surface area contributed by atoms with Gasteiger partial charge < -0.3 is 4.57 Å². The Hall–Kier alpha value is -3.12. The quantitative estimate of drug-likeness (QED) is 0.257. The van der Waals surface area contributed by atoms with Gasteiger partial charge in [0, 0.05) is 31.1 Å². The summed E-state index contributed by atoms with van der Waals surface area (Å²) in [4.78, 5) is 18.1. The summed E-state index contributed by atoms with van der Waals surface area (Å²) in [6.07, 6.45) is 3.64. The van der Waals surface area contributed by atoms with Crippen LogP contribution in [0.15, 0.2) is 83.4 Å². The first-order valence-electron chi connectivity index (χ1n) is 9.22. The summed E-state index contributed by atoms with van der Waals surface area (Å²) >= 11 is 1.46. The van der Waals surface area contributed by atoms with Gasteiger partial charge in [-0.25, -0.2) is 9.37 Å². The maximum absolute atomic E-state index is 13.3. The highest BCUT2D eigenvalue weighted by molar-refractivity contribution is 7.98. The largest absolute Gasteiger partial charge is 0.344 e. The van der Waals surface area contributed by atoms with Gasteiger partial charge in [0.25, 0.3) is 5.56 Å². The predicted molar refractivity (Wildman–Crippen MR) is 117 cm³/mol. The van der Waals surface area contributed by atoms with Gasteiger partial charge in [0.05, 0.1) is 0 Å². The maximum Gasteiger partial charge on any atom is 0.279 e. The van der Waals surface area contributed by atoms with E-state index in [1.165, 1.54) is 23.9 Å². The molecule has 0 aliphatic rings. The van der Waals surface area contributed by atoms with Gasteiger partial charge >= 0.3 is 0 Å². The Morgan fingerprint density at radius 3 is 2.55 bits per heavy atom. The summed E-state index contributed by atoms with van der Waals surface area (Å²) in [6, 6.07) is 16.3. The molecule has 0 radical (unpaired) electrons. The molecule has 0 aliphatic carbocycles. The van der Waals surface area contributed by atoms with Crippen LogP contribution in [-0.4, -0.2) is 14.1 Å². The number of fused-ring (bicyclic) bond motifs is 1. The highest BCUT2D eigenvalue weighted by Crippen LogP contribution is 2.30. The van der Waals surface area contributed by atoms with Crippen molar-refractivity contribution >= 4 is 22.8 Å². The van der Waals surface area contributed by atoms with Crippen LogP contribution in [0.2, 0.25) is 0 Å². The molecular formula is C23H20FN3OS. The molecule has 6 heteroatoms. The number of aromatic nitrogens is 3. The lowest BCUT2D eigenvalue weighted by Gasteiger charge is -2.11. The third kappa shape index (κ3) is 3.76. The summed E-state index contributed by atoms with van der Waals surface area (Å²) in [6.45, 7) is 4.15. The van der Waals surface area contributed by atoms with Gasteiger partial charge in [-0.15, -0.1) is 6.58 Å². The highest BCUT2D eigenvalue weighted by Gasteiger charge is 2.18. The summed E-state index contributed by atoms with van der Waals surface area (Å²) in [7, 11) is 1.86. The Bertz CT molecular complexity index is 1230. The number of thioether (sulfide) groups is 1. The third-order valence-electron chi connectivity index (χ3n) is 4.72. The van der Waals surface area contributed by atoms with E-state index in [4.69, 9.17) is 4.98 Å². The average Bonchev–Trinajstić information content (AvgIpc) is 3.07. The van der Waals surface area contributed by atoms with Crippen molar-refractivity contribution in [3.05, 3.63) is 95.2 Å². The van der Waals surface area contributed by atoms with Crippen molar-refractivity contribution in [3.63, 3.8) is 0 Å². The van der Waals surface area contributed by atoms with Crippen molar-refractivity contribution in [2.24, 2.45) is 7.05 Å². The molecule has 4 aromatic rings. The molecule has 0 fully saturated rings. The lowest BCUT2D eigenvalue weighted by molar-refractivity contribution is 0.627. The van der Waals surface area contributed by atoms with Gasteiger partial charge in [-0.2, -0.15) is 0 Å². The van der Waals surface area contributed by atoms with E-state index in [1.807, 2.05) is 48.1 Å². The molecule has 29 heavy (non-hydrogen) atoms. The van der Waals surface area contributed by atoms with Gasteiger partial charge in [-0.05, 0) is 23.3 Å². The van der Waals surface area contributed by atoms with E-state index in [2.05, 4.69) is 6.58 Å². The van der Waals surface area contributed by atoms with Crippen molar-refractivity contribution in [1.29, 1.82) is 0 Å². The Morgan fingerprint density at radius 1 is 1.14 bits per heavy atom. The minimum absolute atomic E-state index is 0.0961. The Labute approximate surface area is 172 Å². The summed E-state index contributed by atoms with van der Waals surface area (Å²) in [5.74, 6) is 0.321. The molecule has 0 saturated heterocycles. The number of nitrogens with zero attached hydrogens (tertiary/aromatic N) is 3. The van der Waals surface area contributed by atoms with E-state index in [-0.39, 0.29) is 11.4 Å². The molecule has 0 spiro atoms. The fourth-order valence-electron chi connectivity index (χ4n) is 3.31. The van der Waals surface area contributed by atoms with Crippen LogP contribution < -0.4 is 5.56 Å². The first-order valence-corrected chi connectivity index (χ1v) is 10.2. The van der Waals surface area contributed by atoms with Crippen molar-refractivity contribution < 1.29 is 4.39 Å². The lowest BCUT2D eigenvalue weighted by atomic mass is 10.1. The third-order valence-corrected chi connectivity index (χ3v) is 5.77. The van der Waals surface area contributed by atoms with Crippen LogP contribution in [-0.2, 0) is 19.3 Å². The smallest absolute Gasteiger partial charge is 0.279 e. The molecule has 0 atom stereocenters. The number of hydrogen-bond donors (Lipinski definition) is 0. The van der Waals surface area contributed by atoms with E-state index in [1.54, 1.807) is 22.8 Å². The number of halogens is 1. The zero-order valence-electron chi connectivity index (χ0n) is 16.0. The highest BCUT2D eigenvalue weighted by atomic mass is 32.2. The van der Waals surface area contributed by atoms with Crippen LogP contribution >= 0.6 is 11.8 Å². The fourth-order valence-corrected chi connectivity index (χ4v) is 4.27. The SMILES string of the molecule is C=CCn1c(SCc2ccc(F)cc2)nc2c(-c3ccccc3)cn(C)c2c1=O. The van der Waals surface area contributed by atoms with E-state index in [0.29, 0.717) is 28.5 Å². The summed E-state index contributed by atoms with van der Waals surface area (Å²) < 4.78 is 16.6. The van der Waals surface area contributed by atoms with E-state index >= 15 is 0 Å². The Kier molecular flexibility index (Phi) is 5.36. The normalized spacial score (nSPS) is 11.1. The van der Waals surface area contributed by atoms with Gasteiger partial charge in [-0.1, -0.05) is 60.3 Å². The molecule has 146 valence electrons. The number of hydrogen-bond acceptors (Lipinski definition) is 3. The molecule has 2 aromatic carbocycles. The maximum atomic E-state index is 13.3. The molecule has 0 unspecified atom stereocenters. The molecule has 0 aliphatic heterocycles. The van der Waals surface area contributed by atoms with Gasteiger partial charge in [-0.3, -0.25) is 9.36 Å². The topological polar surface area (TPSA) is 39.8 Å². The van der Waals surface area contributed by atoms with Crippen LogP contribution in [0.3, 0.4) is 0 Å². The van der Waals surface area contributed by atoms with Crippen LogP contribution in [0.5, 0.6) is 0 Å². The molecule has 4 rings (SSSR count). The second-order valence-electron chi connectivity index (χ2n) is 6.73. The van der Waals surface area contributed by atoms with Crippen LogP contribution in [0, 0.1) is 5.82 Å². The fraction of sp³-hybridized carbons (Fsp3) is 0.130. The Balaban J connectivity index is 1.83.